The van der Waals surface area contributed by atoms with Gasteiger partial charge < -0.3 is 14.6 Å². The zero-order valence-corrected chi connectivity index (χ0v) is 18.1. The summed E-state index contributed by atoms with van der Waals surface area (Å²) in [6.45, 7) is 12.7. The van der Waals surface area contributed by atoms with Gasteiger partial charge in [0.05, 0.1) is 5.52 Å². The van der Waals surface area contributed by atoms with Crippen molar-refractivity contribution in [2.75, 3.05) is 31.1 Å². The summed E-state index contributed by atoms with van der Waals surface area (Å²) in [5.74, 6) is 0.590. The van der Waals surface area contributed by atoms with Gasteiger partial charge >= 0.3 is 0 Å². The van der Waals surface area contributed by atoms with Crippen LogP contribution in [0.4, 0.5) is 5.82 Å². The van der Waals surface area contributed by atoms with Crippen LogP contribution in [0.2, 0.25) is 10.0 Å². The van der Waals surface area contributed by atoms with Gasteiger partial charge in [-0.1, -0.05) is 41.9 Å². The van der Waals surface area contributed by atoms with Gasteiger partial charge in [-0.3, -0.25) is 4.79 Å². The zero-order chi connectivity index (χ0) is 22.0. The molecule has 6 nitrogen and oxygen atoms in total. The predicted octanol–water partition coefficient (Wildman–Crippen LogP) is 4.73. The van der Waals surface area contributed by atoms with Gasteiger partial charge in [0.2, 0.25) is 12.5 Å². The van der Waals surface area contributed by atoms with Crippen LogP contribution in [0.15, 0.2) is 55.4 Å². The van der Waals surface area contributed by atoms with E-state index in [1.54, 1.807) is 4.90 Å². The second-order valence-electron chi connectivity index (χ2n) is 7.23. The van der Waals surface area contributed by atoms with E-state index in [1.165, 1.54) is 12.4 Å². The Bertz CT molecular complexity index is 1190. The molecule has 1 atom stereocenters. The molecule has 0 radical (unpaired) electrons. The normalized spacial score (nSPS) is 16.2. The van der Waals surface area contributed by atoms with Crippen molar-refractivity contribution in [1.29, 1.82) is 0 Å². The number of benzene rings is 2. The number of fused-ring (bicyclic) bond motifs is 1. The van der Waals surface area contributed by atoms with Crippen molar-refractivity contribution in [2.24, 2.45) is 0 Å². The lowest BCUT2D eigenvalue weighted by molar-refractivity contribution is -0.128. The van der Waals surface area contributed by atoms with Crippen LogP contribution in [0.1, 0.15) is 0 Å². The van der Waals surface area contributed by atoms with Gasteiger partial charge in [0.1, 0.15) is 18.2 Å². The number of rotatable bonds is 4. The molecule has 0 bridgehead atoms. The highest BCUT2D eigenvalue weighted by Gasteiger charge is 2.32. The first-order chi connectivity index (χ1) is 15.0. The maximum atomic E-state index is 12.2. The maximum Gasteiger partial charge on any atom is 0.246 e. The number of aromatic nitrogens is 2. The summed E-state index contributed by atoms with van der Waals surface area (Å²) in [7, 11) is 0. The van der Waals surface area contributed by atoms with Crippen molar-refractivity contribution in [2.45, 2.75) is 6.04 Å². The summed E-state index contributed by atoms with van der Waals surface area (Å²) < 4.78 is 0. The number of nitrogens with zero attached hydrogens (tertiary/aromatic N) is 5. The van der Waals surface area contributed by atoms with Crippen LogP contribution in [-0.2, 0) is 4.79 Å². The number of hydrogen-bond donors (Lipinski definition) is 0. The van der Waals surface area contributed by atoms with E-state index < -0.39 is 0 Å². The molecule has 0 spiro atoms. The summed E-state index contributed by atoms with van der Waals surface area (Å²) in [5.41, 5.74) is 2.58. The third kappa shape index (κ3) is 4.20. The van der Waals surface area contributed by atoms with Gasteiger partial charge in [0.25, 0.3) is 0 Å². The molecule has 2 heterocycles. The molecule has 4 rings (SSSR count). The molecule has 0 aliphatic carbocycles. The van der Waals surface area contributed by atoms with Crippen LogP contribution in [0, 0.1) is 6.57 Å². The molecular weight excluding hydrogens is 433 g/mol. The monoisotopic (exact) mass is 451 g/mol. The van der Waals surface area contributed by atoms with Crippen molar-refractivity contribution >= 4 is 45.8 Å². The van der Waals surface area contributed by atoms with E-state index >= 15 is 0 Å². The number of piperazine rings is 1. The Morgan fingerprint density at radius 2 is 2.00 bits per heavy atom. The Morgan fingerprint density at radius 1 is 1.23 bits per heavy atom. The average Bonchev–Trinajstić information content (AvgIpc) is 2.78. The molecule has 0 N–H and O–H groups in total. The van der Waals surface area contributed by atoms with Crippen molar-refractivity contribution in [3.63, 3.8) is 0 Å². The number of carbonyl (C=O) groups is 1. The van der Waals surface area contributed by atoms with Crippen molar-refractivity contribution in [3.05, 3.63) is 76.8 Å². The quantitative estimate of drug-likeness (QED) is 0.425. The van der Waals surface area contributed by atoms with Crippen LogP contribution in [0.25, 0.3) is 26.9 Å². The standard InChI is InChI=1S/C23H19Cl2N5O/c1-3-22(31)30-9-8-29(13-17(30)12-26-2)23-19-10-20(25)18(11-21(19)27-14-28-23)15-4-6-16(24)7-5-15/h3-7,10-11,14,17H,1,8-9,12-13H2. The topological polar surface area (TPSA) is 53.7 Å². The lowest BCUT2D eigenvalue weighted by atomic mass is 10.0. The SMILES string of the molecule is [C-]#[N+]CC1CN(c2ncnc3cc(-c4ccc(Cl)cc4)c(Cl)cc23)CCN1C(=O)C=C. The molecule has 1 fully saturated rings. The number of anilines is 1. The molecule has 1 amide bonds. The Kier molecular flexibility index (Phi) is 6.08. The number of halogens is 2. The van der Waals surface area contributed by atoms with Crippen LogP contribution < -0.4 is 4.90 Å². The average molecular weight is 452 g/mol. The van der Waals surface area contributed by atoms with Gasteiger partial charge in [-0.2, -0.15) is 0 Å². The molecule has 31 heavy (non-hydrogen) atoms. The van der Waals surface area contributed by atoms with Crippen molar-refractivity contribution in [3.8, 4) is 11.1 Å². The molecule has 1 aromatic heterocycles. The summed E-state index contributed by atoms with van der Waals surface area (Å²) >= 11 is 12.6. The fraction of sp³-hybridized carbons (Fsp3) is 0.217. The van der Waals surface area contributed by atoms with Crippen LogP contribution in [-0.4, -0.2) is 53.0 Å². The molecule has 2 aromatic carbocycles. The molecule has 1 aliphatic heterocycles. The van der Waals surface area contributed by atoms with E-state index in [9.17, 15) is 4.79 Å². The van der Waals surface area contributed by atoms with E-state index in [0.717, 1.165) is 27.8 Å². The lowest BCUT2D eigenvalue weighted by Crippen LogP contribution is -2.56. The molecule has 1 aliphatic rings. The first kappa shape index (κ1) is 21.1. The summed E-state index contributed by atoms with van der Waals surface area (Å²) in [6.07, 6.45) is 2.83. The van der Waals surface area contributed by atoms with E-state index in [-0.39, 0.29) is 18.5 Å². The maximum absolute atomic E-state index is 12.2. The fourth-order valence-electron chi connectivity index (χ4n) is 3.88. The molecule has 8 heteroatoms. The van der Waals surface area contributed by atoms with E-state index in [2.05, 4.69) is 26.3 Å². The van der Waals surface area contributed by atoms with Crippen LogP contribution >= 0.6 is 23.2 Å². The smallest absolute Gasteiger partial charge is 0.246 e. The first-order valence-electron chi connectivity index (χ1n) is 9.73. The minimum atomic E-state index is -0.231. The summed E-state index contributed by atoms with van der Waals surface area (Å²) in [5, 5.41) is 2.08. The second kappa shape index (κ2) is 8.93. The van der Waals surface area contributed by atoms with Crippen LogP contribution in [0.5, 0.6) is 0 Å². The first-order valence-corrected chi connectivity index (χ1v) is 10.5. The molecule has 3 aromatic rings. The van der Waals surface area contributed by atoms with Gasteiger partial charge in [0, 0.05) is 40.6 Å². The highest BCUT2D eigenvalue weighted by atomic mass is 35.5. The van der Waals surface area contributed by atoms with Gasteiger partial charge in [-0.15, -0.1) is 0 Å². The second-order valence-corrected chi connectivity index (χ2v) is 8.07. The van der Waals surface area contributed by atoms with Crippen molar-refractivity contribution < 1.29 is 4.79 Å². The molecule has 0 saturated carbocycles. The largest absolute Gasteiger partial charge is 0.352 e. The zero-order valence-electron chi connectivity index (χ0n) is 16.6. The van der Waals surface area contributed by atoms with E-state index in [1.807, 2.05) is 36.4 Å². The minimum Gasteiger partial charge on any atom is -0.352 e. The van der Waals surface area contributed by atoms with Gasteiger partial charge in [0.15, 0.2) is 0 Å². The van der Waals surface area contributed by atoms with E-state index in [0.29, 0.717) is 29.7 Å². The minimum absolute atomic E-state index is 0.156. The summed E-state index contributed by atoms with van der Waals surface area (Å²) in [4.78, 5) is 28.4. The highest BCUT2D eigenvalue weighted by Crippen LogP contribution is 2.35. The Morgan fingerprint density at radius 3 is 2.71 bits per heavy atom. The Hall–Kier alpha value is -3.14. The highest BCUT2D eigenvalue weighted by molar-refractivity contribution is 6.34. The molecule has 1 saturated heterocycles. The molecule has 1 unspecified atom stereocenters. The van der Waals surface area contributed by atoms with Gasteiger partial charge in [-0.25, -0.2) is 16.5 Å². The Balaban J connectivity index is 1.71. The lowest BCUT2D eigenvalue weighted by Gasteiger charge is -2.39. The molecule has 156 valence electrons. The number of amides is 1. The predicted molar refractivity (Wildman–Crippen MR) is 124 cm³/mol. The van der Waals surface area contributed by atoms with Crippen molar-refractivity contribution in [1.82, 2.24) is 14.9 Å². The number of hydrogen-bond acceptors (Lipinski definition) is 4. The third-order valence-corrected chi connectivity index (χ3v) is 5.97. The third-order valence-electron chi connectivity index (χ3n) is 5.40. The van der Waals surface area contributed by atoms with E-state index in [4.69, 9.17) is 29.8 Å². The molecular formula is C23H19Cl2N5O. The Labute approximate surface area is 190 Å². The fourth-order valence-corrected chi connectivity index (χ4v) is 4.28. The van der Waals surface area contributed by atoms with Gasteiger partial charge in [-0.05, 0) is 35.9 Å². The van der Waals surface area contributed by atoms with Crippen LogP contribution in [0.3, 0.4) is 0 Å². The summed E-state index contributed by atoms with van der Waals surface area (Å²) in [6, 6.07) is 11.1. The number of carbonyl (C=O) groups excluding carboxylic acids is 1.